The van der Waals surface area contributed by atoms with Crippen molar-refractivity contribution < 1.29 is 18.0 Å². The van der Waals surface area contributed by atoms with E-state index in [-0.39, 0.29) is 12.4 Å². The average Bonchev–Trinajstić information content (AvgIpc) is 2.39. The van der Waals surface area contributed by atoms with E-state index in [0.29, 0.717) is 11.1 Å². The summed E-state index contributed by atoms with van der Waals surface area (Å²) in [6.07, 6.45) is 1.34. The zero-order valence-corrected chi connectivity index (χ0v) is 9.82. The lowest BCUT2D eigenvalue weighted by molar-refractivity contribution is 0.132. The largest absolute Gasteiger partial charge is 0.391 e. The molecule has 0 N–H and O–H groups in total. The van der Waals surface area contributed by atoms with Crippen LogP contribution < -0.4 is 0 Å². The smallest absolute Gasteiger partial charge is 0.159 e. The van der Waals surface area contributed by atoms with E-state index in [1.165, 1.54) is 24.4 Å². The Morgan fingerprint density at radius 2 is 1.84 bits per heavy atom. The van der Waals surface area contributed by atoms with Crippen LogP contribution in [-0.2, 0) is 11.4 Å². The topological polar surface area (TPSA) is 21.6 Å². The molecule has 0 unspecified atom stereocenters. The Morgan fingerprint density at radius 1 is 1.00 bits per heavy atom. The van der Waals surface area contributed by atoms with E-state index in [1.807, 2.05) is 0 Å². The van der Waals surface area contributed by atoms with Crippen molar-refractivity contribution in [2.45, 2.75) is 6.61 Å². The standard InChI is InChI=1S/C14H10F3NO/c15-12-3-1-2-10(6-12)8-18-19-9-11-4-5-13(16)14(17)7-11/h1-8H,9H2. The number of rotatable bonds is 4. The maximum Gasteiger partial charge on any atom is 0.159 e. The molecule has 2 nitrogen and oxygen atoms in total. The van der Waals surface area contributed by atoms with Gasteiger partial charge >= 0.3 is 0 Å². The fourth-order valence-electron chi connectivity index (χ4n) is 1.43. The van der Waals surface area contributed by atoms with Gasteiger partial charge in [-0.1, -0.05) is 23.4 Å². The van der Waals surface area contributed by atoms with Crippen molar-refractivity contribution in [1.29, 1.82) is 0 Å². The van der Waals surface area contributed by atoms with E-state index in [2.05, 4.69) is 5.16 Å². The minimum atomic E-state index is -0.935. The second-order valence-corrected chi connectivity index (χ2v) is 3.81. The Kier molecular flexibility index (Phi) is 4.18. The highest BCUT2D eigenvalue weighted by molar-refractivity contribution is 5.78. The molecular weight excluding hydrogens is 255 g/mol. The van der Waals surface area contributed by atoms with Crippen LogP contribution >= 0.6 is 0 Å². The van der Waals surface area contributed by atoms with Gasteiger partial charge in [0.05, 0.1) is 6.21 Å². The second-order valence-electron chi connectivity index (χ2n) is 3.81. The molecule has 0 aliphatic carbocycles. The average molecular weight is 265 g/mol. The summed E-state index contributed by atoms with van der Waals surface area (Å²) in [6.45, 7) is 0.00299. The number of oxime groups is 1. The molecule has 0 fully saturated rings. The van der Waals surface area contributed by atoms with Gasteiger partial charge in [-0.25, -0.2) is 13.2 Å². The van der Waals surface area contributed by atoms with E-state index in [9.17, 15) is 13.2 Å². The van der Waals surface area contributed by atoms with Gasteiger partial charge in [0.15, 0.2) is 11.6 Å². The summed E-state index contributed by atoms with van der Waals surface area (Å²) >= 11 is 0. The van der Waals surface area contributed by atoms with Crippen molar-refractivity contribution in [2.75, 3.05) is 0 Å². The van der Waals surface area contributed by atoms with Gasteiger partial charge in [0.25, 0.3) is 0 Å². The first-order valence-corrected chi connectivity index (χ1v) is 5.50. The lowest BCUT2D eigenvalue weighted by Gasteiger charge is -2.00. The molecule has 0 saturated carbocycles. The van der Waals surface area contributed by atoms with Crippen LogP contribution in [0.25, 0.3) is 0 Å². The van der Waals surface area contributed by atoms with Crippen molar-refractivity contribution in [3.63, 3.8) is 0 Å². The zero-order chi connectivity index (χ0) is 13.7. The lowest BCUT2D eigenvalue weighted by Crippen LogP contribution is -1.92. The highest BCUT2D eigenvalue weighted by Gasteiger charge is 2.02. The van der Waals surface area contributed by atoms with Crippen molar-refractivity contribution in [3.05, 3.63) is 71.0 Å². The normalized spacial score (nSPS) is 10.9. The van der Waals surface area contributed by atoms with Crippen LogP contribution in [0.4, 0.5) is 13.2 Å². The summed E-state index contributed by atoms with van der Waals surface area (Å²) in [5, 5.41) is 3.62. The summed E-state index contributed by atoms with van der Waals surface area (Å²) < 4.78 is 38.4. The van der Waals surface area contributed by atoms with Gasteiger partial charge in [0, 0.05) is 0 Å². The molecule has 0 spiro atoms. The minimum absolute atomic E-state index is 0.00299. The van der Waals surface area contributed by atoms with Gasteiger partial charge < -0.3 is 4.84 Å². The molecule has 0 radical (unpaired) electrons. The Bertz CT molecular complexity index is 599. The van der Waals surface area contributed by atoms with Crippen LogP contribution in [0.5, 0.6) is 0 Å². The SMILES string of the molecule is Fc1cccc(C=NOCc2ccc(F)c(F)c2)c1. The fraction of sp³-hybridized carbons (Fsp3) is 0.0714. The zero-order valence-electron chi connectivity index (χ0n) is 9.82. The van der Waals surface area contributed by atoms with Crippen LogP contribution in [0, 0.1) is 17.5 Å². The first kappa shape index (κ1) is 13.1. The van der Waals surface area contributed by atoms with Gasteiger partial charge in [-0.15, -0.1) is 0 Å². The molecule has 2 aromatic carbocycles. The number of nitrogens with zero attached hydrogens (tertiary/aromatic N) is 1. The summed E-state index contributed by atoms with van der Waals surface area (Å²) in [4.78, 5) is 4.92. The molecule has 5 heteroatoms. The first-order chi connectivity index (χ1) is 9.15. The highest BCUT2D eigenvalue weighted by atomic mass is 19.2. The van der Waals surface area contributed by atoms with Gasteiger partial charge in [-0.2, -0.15) is 0 Å². The van der Waals surface area contributed by atoms with Crippen molar-refractivity contribution in [1.82, 2.24) is 0 Å². The summed E-state index contributed by atoms with van der Waals surface area (Å²) in [7, 11) is 0. The van der Waals surface area contributed by atoms with E-state index in [0.717, 1.165) is 12.1 Å². The van der Waals surface area contributed by atoms with Gasteiger partial charge in [-0.05, 0) is 35.4 Å². The first-order valence-electron chi connectivity index (χ1n) is 5.50. The summed E-state index contributed by atoms with van der Waals surface area (Å²) in [5.41, 5.74) is 1.00. The van der Waals surface area contributed by atoms with E-state index in [4.69, 9.17) is 4.84 Å². The third-order valence-electron chi connectivity index (χ3n) is 2.34. The Labute approximate surface area is 108 Å². The third kappa shape index (κ3) is 3.84. The maximum atomic E-state index is 12.9. The summed E-state index contributed by atoms with van der Waals surface area (Å²) in [6, 6.07) is 9.27. The van der Waals surface area contributed by atoms with Crippen molar-refractivity contribution >= 4 is 6.21 Å². The third-order valence-corrected chi connectivity index (χ3v) is 2.34. The van der Waals surface area contributed by atoms with E-state index < -0.39 is 11.6 Å². The van der Waals surface area contributed by atoms with Crippen molar-refractivity contribution in [2.24, 2.45) is 5.16 Å². The molecular formula is C14H10F3NO. The van der Waals surface area contributed by atoms with Crippen LogP contribution in [0.3, 0.4) is 0 Å². The minimum Gasteiger partial charge on any atom is -0.391 e. The number of benzene rings is 2. The van der Waals surface area contributed by atoms with Gasteiger partial charge in [0.2, 0.25) is 0 Å². The molecule has 0 aromatic heterocycles. The Balaban J connectivity index is 1.91. The molecule has 0 saturated heterocycles. The molecule has 19 heavy (non-hydrogen) atoms. The molecule has 0 bridgehead atoms. The molecule has 0 heterocycles. The maximum absolute atomic E-state index is 12.9. The molecule has 2 aromatic rings. The van der Waals surface area contributed by atoms with Crippen LogP contribution in [0.2, 0.25) is 0 Å². The Morgan fingerprint density at radius 3 is 2.58 bits per heavy atom. The van der Waals surface area contributed by atoms with Crippen molar-refractivity contribution in [3.8, 4) is 0 Å². The van der Waals surface area contributed by atoms with E-state index in [1.54, 1.807) is 12.1 Å². The monoisotopic (exact) mass is 265 g/mol. The predicted molar refractivity (Wildman–Crippen MR) is 65.1 cm³/mol. The number of halogens is 3. The Hall–Kier alpha value is -2.30. The molecule has 0 aliphatic heterocycles. The molecule has 0 atom stereocenters. The predicted octanol–water partition coefficient (Wildman–Crippen LogP) is 3.65. The van der Waals surface area contributed by atoms with Gasteiger partial charge in [-0.3, -0.25) is 0 Å². The second kappa shape index (κ2) is 6.04. The number of hydrogen-bond donors (Lipinski definition) is 0. The van der Waals surface area contributed by atoms with Crippen LogP contribution in [0.1, 0.15) is 11.1 Å². The van der Waals surface area contributed by atoms with Crippen LogP contribution in [0.15, 0.2) is 47.6 Å². The fourth-order valence-corrected chi connectivity index (χ4v) is 1.43. The highest BCUT2D eigenvalue weighted by Crippen LogP contribution is 2.09. The van der Waals surface area contributed by atoms with E-state index >= 15 is 0 Å². The molecule has 0 aliphatic rings. The van der Waals surface area contributed by atoms with Crippen LogP contribution in [-0.4, -0.2) is 6.21 Å². The molecule has 2 rings (SSSR count). The van der Waals surface area contributed by atoms with Gasteiger partial charge in [0.1, 0.15) is 12.4 Å². The lowest BCUT2D eigenvalue weighted by atomic mass is 10.2. The number of hydrogen-bond acceptors (Lipinski definition) is 2. The quantitative estimate of drug-likeness (QED) is 0.610. The summed E-state index contributed by atoms with van der Waals surface area (Å²) in [5.74, 6) is -2.22. The molecule has 0 amide bonds. The molecule has 98 valence electrons.